The Hall–Kier alpha value is -1.49. The summed E-state index contributed by atoms with van der Waals surface area (Å²) in [6.45, 7) is 2.41. The van der Waals surface area contributed by atoms with Crippen molar-refractivity contribution in [3.05, 3.63) is 40.9 Å². The molecule has 0 bridgehead atoms. The lowest BCUT2D eigenvalue weighted by Gasteiger charge is -2.30. The molecule has 0 saturated heterocycles. The van der Waals surface area contributed by atoms with E-state index in [1.54, 1.807) is 6.33 Å². The van der Waals surface area contributed by atoms with E-state index in [0.717, 1.165) is 41.3 Å². The summed E-state index contributed by atoms with van der Waals surface area (Å²) in [5.74, 6) is 0.940. The highest BCUT2D eigenvalue weighted by atomic mass is 79.9. The molecule has 17 heavy (non-hydrogen) atoms. The van der Waals surface area contributed by atoms with Gasteiger partial charge in [0.05, 0.1) is 30.8 Å². The SMILES string of the molecule is Brc1ccc2c(c1)N(Cc1c[nH]cn1)CCO2. The van der Waals surface area contributed by atoms with Crippen LogP contribution in [-0.2, 0) is 6.54 Å². The Labute approximate surface area is 108 Å². The first-order valence-electron chi connectivity index (χ1n) is 5.48. The summed E-state index contributed by atoms with van der Waals surface area (Å²) in [7, 11) is 0. The third-order valence-corrected chi connectivity index (χ3v) is 3.28. The second-order valence-corrected chi connectivity index (χ2v) is 4.86. The summed E-state index contributed by atoms with van der Waals surface area (Å²) in [5, 5.41) is 0. The zero-order valence-corrected chi connectivity index (χ0v) is 10.8. The fourth-order valence-electron chi connectivity index (χ4n) is 1.98. The van der Waals surface area contributed by atoms with Crippen LogP contribution in [0.5, 0.6) is 5.75 Å². The van der Waals surface area contributed by atoms with Crippen LogP contribution in [0, 0.1) is 0 Å². The van der Waals surface area contributed by atoms with Gasteiger partial charge in [-0.2, -0.15) is 0 Å². The predicted octanol–water partition coefficient (Wildman–Crippen LogP) is 2.57. The van der Waals surface area contributed by atoms with Crippen LogP contribution in [0.3, 0.4) is 0 Å². The van der Waals surface area contributed by atoms with Crippen molar-refractivity contribution in [2.45, 2.75) is 6.54 Å². The molecule has 4 nitrogen and oxygen atoms in total. The van der Waals surface area contributed by atoms with Crippen LogP contribution in [-0.4, -0.2) is 23.1 Å². The molecule has 0 unspecified atom stereocenters. The molecule has 2 aromatic rings. The predicted molar refractivity (Wildman–Crippen MR) is 69.3 cm³/mol. The largest absolute Gasteiger partial charge is 0.490 e. The van der Waals surface area contributed by atoms with Crippen molar-refractivity contribution in [1.82, 2.24) is 9.97 Å². The van der Waals surface area contributed by atoms with Crippen molar-refractivity contribution in [3.63, 3.8) is 0 Å². The van der Waals surface area contributed by atoms with Gasteiger partial charge in [-0.15, -0.1) is 0 Å². The lowest BCUT2D eigenvalue weighted by molar-refractivity contribution is 0.306. The highest BCUT2D eigenvalue weighted by Crippen LogP contribution is 2.34. The first-order chi connectivity index (χ1) is 8.33. The second-order valence-electron chi connectivity index (χ2n) is 3.94. The number of aromatic nitrogens is 2. The summed E-state index contributed by atoms with van der Waals surface area (Å²) in [6.07, 6.45) is 3.63. The minimum absolute atomic E-state index is 0.721. The van der Waals surface area contributed by atoms with Gasteiger partial charge >= 0.3 is 0 Å². The molecule has 5 heteroatoms. The number of halogens is 1. The third-order valence-electron chi connectivity index (χ3n) is 2.79. The van der Waals surface area contributed by atoms with Crippen LogP contribution < -0.4 is 9.64 Å². The first kappa shape index (κ1) is 10.7. The fourth-order valence-corrected chi connectivity index (χ4v) is 2.33. The summed E-state index contributed by atoms with van der Waals surface area (Å²) < 4.78 is 6.70. The van der Waals surface area contributed by atoms with Crippen molar-refractivity contribution in [2.24, 2.45) is 0 Å². The molecule has 88 valence electrons. The average molecular weight is 294 g/mol. The molecule has 0 radical (unpaired) electrons. The van der Waals surface area contributed by atoms with E-state index < -0.39 is 0 Å². The maximum Gasteiger partial charge on any atom is 0.142 e. The smallest absolute Gasteiger partial charge is 0.142 e. The van der Waals surface area contributed by atoms with E-state index >= 15 is 0 Å². The Kier molecular flexibility index (Phi) is 2.76. The maximum atomic E-state index is 5.64. The number of imidazole rings is 1. The number of ether oxygens (including phenoxy) is 1. The highest BCUT2D eigenvalue weighted by molar-refractivity contribution is 9.10. The number of rotatable bonds is 2. The molecule has 0 amide bonds. The Morgan fingerprint density at radius 2 is 2.41 bits per heavy atom. The van der Waals surface area contributed by atoms with Gasteiger partial charge in [-0.25, -0.2) is 4.98 Å². The van der Waals surface area contributed by atoms with Gasteiger partial charge in [0.2, 0.25) is 0 Å². The summed E-state index contributed by atoms with van der Waals surface area (Å²) in [5.41, 5.74) is 2.16. The highest BCUT2D eigenvalue weighted by Gasteiger charge is 2.18. The second kappa shape index (κ2) is 4.41. The number of benzene rings is 1. The van der Waals surface area contributed by atoms with Crippen molar-refractivity contribution in [1.29, 1.82) is 0 Å². The van der Waals surface area contributed by atoms with Crippen molar-refractivity contribution < 1.29 is 4.74 Å². The molecule has 0 spiro atoms. The molecule has 1 aromatic carbocycles. The standard InChI is InChI=1S/C12H12BrN3O/c13-9-1-2-12-11(5-9)16(3-4-17-12)7-10-6-14-8-15-10/h1-2,5-6,8H,3-4,7H2,(H,14,15). The van der Waals surface area contributed by atoms with Gasteiger partial charge in [0.25, 0.3) is 0 Å². The van der Waals surface area contributed by atoms with Crippen molar-refractivity contribution in [2.75, 3.05) is 18.1 Å². The van der Waals surface area contributed by atoms with E-state index in [0.29, 0.717) is 0 Å². The van der Waals surface area contributed by atoms with Crippen LogP contribution >= 0.6 is 15.9 Å². The van der Waals surface area contributed by atoms with Gasteiger partial charge in [0, 0.05) is 10.7 Å². The van der Waals surface area contributed by atoms with E-state index in [4.69, 9.17) is 4.74 Å². The number of fused-ring (bicyclic) bond motifs is 1. The molecule has 2 heterocycles. The Morgan fingerprint density at radius 3 is 3.24 bits per heavy atom. The van der Waals surface area contributed by atoms with Crippen molar-refractivity contribution in [3.8, 4) is 5.75 Å². The van der Waals surface area contributed by atoms with Gasteiger partial charge in [0.15, 0.2) is 0 Å². The molecule has 0 fully saturated rings. The first-order valence-corrected chi connectivity index (χ1v) is 6.27. The Bertz CT molecular complexity index is 512. The molecule has 3 rings (SSSR count). The normalized spacial score (nSPS) is 14.3. The molecule has 1 aliphatic rings. The summed E-state index contributed by atoms with van der Waals surface area (Å²) >= 11 is 3.49. The number of nitrogens with zero attached hydrogens (tertiary/aromatic N) is 2. The van der Waals surface area contributed by atoms with E-state index in [-0.39, 0.29) is 0 Å². The Morgan fingerprint density at radius 1 is 1.47 bits per heavy atom. The number of hydrogen-bond donors (Lipinski definition) is 1. The van der Waals surface area contributed by atoms with Gasteiger partial charge < -0.3 is 14.6 Å². The zero-order chi connectivity index (χ0) is 11.7. The summed E-state index contributed by atoms with van der Waals surface area (Å²) in [4.78, 5) is 9.51. The summed E-state index contributed by atoms with van der Waals surface area (Å²) in [6, 6.07) is 6.08. The van der Waals surface area contributed by atoms with Crippen LogP contribution in [0.15, 0.2) is 35.2 Å². The van der Waals surface area contributed by atoms with Crippen LogP contribution in [0.25, 0.3) is 0 Å². The van der Waals surface area contributed by atoms with Crippen LogP contribution in [0.4, 0.5) is 5.69 Å². The van der Waals surface area contributed by atoms with Gasteiger partial charge in [-0.1, -0.05) is 15.9 Å². The van der Waals surface area contributed by atoms with Gasteiger partial charge in [-0.3, -0.25) is 0 Å². The molecular weight excluding hydrogens is 282 g/mol. The lowest BCUT2D eigenvalue weighted by atomic mass is 10.2. The van der Waals surface area contributed by atoms with E-state index in [9.17, 15) is 0 Å². The number of H-pyrrole nitrogens is 1. The number of anilines is 1. The zero-order valence-electron chi connectivity index (χ0n) is 9.19. The molecule has 0 saturated carbocycles. The van der Waals surface area contributed by atoms with E-state index in [1.165, 1.54) is 0 Å². The third kappa shape index (κ3) is 2.15. The average Bonchev–Trinajstić information content (AvgIpc) is 2.83. The number of hydrogen-bond acceptors (Lipinski definition) is 3. The molecule has 0 aliphatic carbocycles. The van der Waals surface area contributed by atoms with Gasteiger partial charge in [0.1, 0.15) is 12.4 Å². The molecular formula is C12H12BrN3O. The fraction of sp³-hybridized carbons (Fsp3) is 0.250. The quantitative estimate of drug-likeness (QED) is 0.925. The lowest BCUT2D eigenvalue weighted by Crippen LogP contribution is -2.32. The number of nitrogens with one attached hydrogen (secondary N) is 1. The molecule has 1 aromatic heterocycles. The monoisotopic (exact) mass is 293 g/mol. The van der Waals surface area contributed by atoms with Crippen LogP contribution in [0.1, 0.15) is 5.69 Å². The maximum absolute atomic E-state index is 5.64. The van der Waals surface area contributed by atoms with Crippen LogP contribution in [0.2, 0.25) is 0 Å². The van der Waals surface area contributed by atoms with Crippen molar-refractivity contribution >= 4 is 21.6 Å². The minimum Gasteiger partial charge on any atom is -0.490 e. The molecule has 0 atom stereocenters. The molecule has 1 N–H and O–H groups in total. The Balaban J connectivity index is 1.90. The molecule has 1 aliphatic heterocycles. The van der Waals surface area contributed by atoms with E-state index in [2.05, 4.69) is 36.9 Å². The van der Waals surface area contributed by atoms with E-state index in [1.807, 2.05) is 18.3 Å². The number of aromatic amines is 1. The van der Waals surface area contributed by atoms with Gasteiger partial charge in [-0.05, 0) is 18.2 Å². The topological polar surface area (TPSA) is 41.2 Å². The minimum atomic E-state index is 0.721.